The van der Waals surface area contributed by atoms with Gasteiger partial charge in [-0.15, -0.1) is 0 Å². The first kappa shape index (κ1) is 23.5. The van der Waals surface area contributed by atoms with Gasteiger partial charge < -0.3 is 5.32 Å². The molecule has 2 saturated heterocycles. The Hall–Kier alpha value is -1.15. The summed E-state index contributed by atoms with van der Waals surface area (Å²) in [4.78, 5) is 15.1. The van der Waals surface area contributed by atoms with Gasteiger partial charge in [-0.1, -0.05) is 25.4 Å². The number of benzene rings is 1. The number of nitrogens with one attached hydrogen (secondary N) is 1. The molecule has 0 saturated carbocycles. The fourth-order valence-electron chi connectivity index (χ4n) is 4.29. The first-order valence-corrected chi connectivity index (χ1v) is 12.8. The smallest absolute Gasteiger partial charge is 0.251 e. The van der Waals surface area contributed by atoms with Crippen LogP contribution in [0.3, 0.4) is 0 Å². The fraction of sp³-hybridized carbons (Fsp3) is 0.682. The molecule has 168 valence electrons. The van der Waals surface area contributed by atoms with Gasteiger partial charge in [0.1, 0.15) is 4.90 Å². The maximum absolute atomic E-state index is 13.1. The molecule has 8 heteroatoms. The molecule has 0 spiro atoms. The highest BCUT2D eigenvalue weighted by Crippen LogP contribution is 2.29. The summed E-state index contributed by atoms with van der Waals surface area (Å²) in [5.74, 6) is 0.811. The van der Waals surface area contributed by atoms with Crippen molar-refractivity contribution < 1.29 is 13.2 Å². The highest BCUT2D eigenvalue weighted by molar-refractivity contribution is 7.89. The van der Waals surface area contributed by atoms with Crippen molar-refractivity contribution in [2.45, 2.75) is 57.4 Å². The number of sulfonamides is 1. The third-order valence-corrected chi connectivity index (χ3v) is 8.78. The average molecular weight is 456 g/mol. The lowest BCUT2D eigenvalue weighted by atomic mass is 9.98. The molecule has 1 N–H and O–H groups in total. The molecule has 0 bridgehead atoms. The van der Waals surface area contributed by atoms with Crippen molar-refractivity contribution in [3.05, 3.63) is 28.8 Å². The number of amides is 1. The summed E-state index contributed by atoms with van der Waals surface area (Å²) in [6.45, 7) is 10.1. The molecule has 1 amide bonds. The van der Waals surface area contributed by atoms with E-state index in [4.69, 9.17) is 11.6 Å². The maximum Gasteiger partial charge on any atom is 0.251 e. The van der Waals surface area contributed by atoms with E-state index < -0.39 is 10.0 Å². The molecule has 6 nitrogen and oxygen atoms in total. The molecule has 30 heavy (non-hydrogen) atoms. The minimum absolute atomic E-state index is 0.0176. The van der Waals surface area contributed by atoms with Gasteiger partial charge in [-0.3, -0.25) is 9.69 Å². The van der Waals surface area contributed by atoms with E-state index in [1.54, 1.807) is 6.07 Å². The Morgan fingerprint density at radius 2 is 1.87 bits per heavy atom. The molecule has 2 atom stereocenters. The summed E-state index contributed by atoms with van der Waals surface area (Å²) in [6.07, 6.45) is 4.24. The van der Waals surface area contributed by atoms with Gasteiger partial charge in [-0.05, 0) is 75.7 Å². The van der Waals surface area contributed by atoms with Crippen molar-refractivity contribution in [2.24, 2.45) is 11.8 Å². The van der Waals surface area contributed by atoms with Gasteiger partial charge in [0, 0.05) is 31.2 Å². The third kappa shape index (κ3) is 5.55. The second-order valence-corrected chi connectivity index (χ2v) is 11.3. The number of carbonyl (C=O) groups excluding carboxylic acids is 1. The highest BCUT2D eigenvalue weighted by Gasteiger charge is 2.31. The lowest BCUT2D eigenvalue weighted by molar-refractivity contribution is 0.0921. The van der Waals surface area contributed by atoms with E-state index in [2.05, 4.69) is 31.0 Å². The average Bonchev–Trinajstić information content (AvgIpc) is 2.72. The van der Waals surface area contributed by atoms with Gasteiger partial charge in [0.15, 0.2) is 0 Å². The number of halogens is 1. The second-order valence-electron chi connectivity index (χ2n) is 9.03. The van der Waals surface area contributed by atoms with Crippen molar-refractivity contribution in [3.8, 4) is 0 Å². The van der Waals surface area contributed by atoms with Crippen LogP contribution in [-0.4, -0.2) is 62.3 Å². The lowest BCUT2D eigenvalue weighted by Crippen LogP contribution is -2.45. The molecule has 0 unspecified atom stereocenters. The molecule has 2 aliphatic heterocycles. The van der Waals surface area contributed by atoms with Crippen LogP contribution < -0.4 is 5.32 Å². The van der Waals surface area contributed by atoms with Crippen LogP contribution in [0.2, 0.25) is 5.02 Å². The molecule has 0 aromatic heterocycles. The summed E-state index contributed by atoms with van der Waals surface area (Å²) in [5.41, 5.74) is 0.322. The van der Waals surface area contributed by atoms with E-state index in [1.807, 2.05) is 0 Å². The summed E-state index contributed by atoms with van der Waals surface area (Å²) in [7, 11) is -3.72. The number of nitrogens with zero attached hydrogens (tertiary/aromatic N) is 2. The Bertz CT molecular complexity index is 853. The number of likely N-dealkylation sites (tertiary alicyclic amines) is 1. The highest BCUT2D eigenvalue weighted by atomic mass is 35.5. The van der Waals surface area contributed by atoms with E-state index in [9.17, 15) is 13.2 Å². The van der Waals surface area contributed by atoms with Crippen molar-refractivity contribution in [1.29, 1.82) is 0 Å². The monoisotopic (exact) mass is 455 g/mol. The van der Waals surface area contributed by atoms with Gasteiger partial charge in [0.25, 0.3) is 5.91 Å². The van der Waals surface area contributed by atoms with Crippen LogP contribution in [-0.2, 0) is 10.0 Å². The number of carbonyl (C=O) groups is 1. The molecule has 1 aromatic carbocycles. The minimum Gasteiger partial charge on any atom is -0.350 e. The standard InChI is InChI=1S/C22H34ClN3O3S/c1-16-8-11-25(12-9-16)18(3)14-24-22(27)19-6-7-20(23)21(13-19)30(28,29)26-10-4-5-17(2)15-26/h6-7,13,16-18H,4-5,8-12,14-15H2,1-3H3,(H,24,27)/t17-,18+/m1/s1. The van der Waals surface area contributed by atoms with Crippen LogP contribution >= 0.6 is 11.6 Å². The number of hydrogen-bond donors (Lipinski definition) is 1. The van der Waals surface area contributed by atoms with Crippen LogP contribution in [0, 0.1) is 11.8 Å². The molecule has 2 aliphatic rings. The van der Waals surface area contributed by atoms with E-state index in [-0.39, 0.29) is 21.9 Å². The van der Waals surface area contributed by atoms with Crippen LogP contribution in [0.15, 0.2) is 23.1 Å². The Morgan fingerprint density at radius 3 is 2.53 bits per heavy atom. The van der Waals surface area contributed by atoms with Crippen molar-refractivity contribution in [3.63, 3.8) is 0 Å². The van der Waals surface area contributed by atoms with E-state index in [0.717, 1.165) is 31.8 Å². The maximum atomic E-state index is 13.1. The topological polar surface area (TPSA) is 69.7 Å². The lowest BCUT2D eigenvalue weighted by Gasteiger charge is -2.35. The Morgan fingerprint density at radius 1 is 1.17 bits per heavy atom. The minimum atomic E-state index is -3.72. The van der Waals surface area contributed by atoms with Crippen molar-refractivity contribution in [1.82, 2.24) is 14.5 Å². The second kappa shape index (κ2) is 9.98. The zero-order valence-corrected chi connectivity index (χ0v) is 19.8. The molecule has 3 rings (SSSR count). The Kier molecular flexibility index (Phi) is 7.82. The molecule has 0 aliphatic carbocycles. The van der Waals surface area contributed by atoms with Crippen LogP contribution in [0.4, 0.5) is 0 Å². The van der Waals surface area contributed by atoms with Gasteiger partial charge >= 0.3 is 0 Å². The molecular weight excluding hydrogens is 422 g/mol. The zero-order valence-electron chi connectivity index (χ0n) is 18.2. The van der Waals surface area contributed by atoms with E-state index in [0.29, 0.717) is 31.1 Å². The molecular formula is C22H34ClN3O3S. The van der Waals surface area contributed by atoms with Crippen LogP contribution in [0.1, 0.15) is 56.8 Å². The summed E-state index contributed by atoms with van der Waals surface area (Å²) < 4.78 is 27.8. The number of hydrogen-bond acceptors (Lipinski definition) is 4. The number of rotatable bonds is 6. The quantitative estimate of drug-likeness (QED) is 0.711. The predicted octanol–water partition coefficient (Wildman–Crippen LogP) is 3.61. The Labute approximate surface area is 186 Å². The third-order valence-electron chi connectivity index (χ3n) is 6.43. The normalized spacial score (nSPS) is 23.3. The fourth-order valence-corrected chi connectivity index (χ4v) is 6.39. The first-order valence-electron chi connectivity index (χ1n) is 11.0. The Balaban J connectivity index is 1.67. The summed E-state index contributed by atoms with van der Waals surface area (Å²) in [5, 5.41) is 3.11. The van der Waals surface area contributed by atoms with Gasteiger partial charge in [-0.2, -0.15) is 4.31 Å². The first-order chi connectivity index (χ1) is 14.2. The summed E-state index contributed by atoms with van der Waals surface area (Å²) in [6, 6.07) is 4.75. The largest absolute Gasteiger partial charge is 0.350 e. The molecule has 0 radical (unpaired) electrons. The van der Waals surface area contributed by atoms with E-state index in [1.165, 1.54) is 29.3 Å². The molecule has 2 fully saturated rings. The van der Waals surface area contributed by atoms with E-state index >= 15 is 0 Å². The van der Waals surface area contributed by atoms with Crippen LogP contribution in [0.25, 0.3) is 0 Å². The zero-order chi connectivity index (χ0) is 21.9. The van der Waals surface area contributed by atoms with Crippen LogP contribution in [0.5, 0.6) is 0 Å². The summed E-state index contributed by atoms with van der Waals surface area (Å²) >= 11 is 6.24. The van der Waals surface area contributed by atoms with Gasteiger partial charge in [0.05, 0.1) is 5.02 Å². The number of piperidine rings is 2. The SMILES string of the molecule is CC1CCN([C@@H](C)CNC(=O)c2ccc(Cl)c(S(=O)(=O)N3CCC[C@@H](C)C3)c2)CC1. The van der Waals surface area contributed by atoms with Gasteiger partial charge in [0.2, 0.25) is 10.0 Å². The van der Waals surface area contributed by atoms with Crippen molar-refractivity contribution >= 4 is 27.5 Å². The molecule has 1 aromatic rings. The molecule has 2 heterocycles. The van der Waals surface area contributed by atoms with Gasteiger partial charge in [-0.25, -0.2) is 8.42 Å². The predicted molar refractivity (Wildman–Crippen MR) is 120 cm³/mol. The van der Waals surface area contributed by atoms with Crippen molar-refractivity contribution in [2.75, 3.05) is 32.7 Å².